The Kier molecular flexibility index (Phi) is 5.02. The average molecular weight is 315 g/mol. The van der Waals surface area contributed by atoms with E-state index in [9.17, 15) is 0 Å². The summed E-state index contributed by atoms with van der Waals surface area (Å²) in [5.74, 6) is 1.05. The molecule has 1 aromatic carbocycles. The first kappa shape index (κ1) is 14.8. The molecule has 0 radical (unpaired) electrons. The summed E-state index contributed by atoms with van der Waals surface area (Å²) < 4.78 is 6.72. The lowest BCUT2D eigenvalue weighted by Gasteiger charge is -2.22. The number of aryl methyl sites for hydroxylation is 1. The van der Waals surface area contributed by atoms with Gasteiger partial charge in [0.25, 0.3) is 0 Å². The first-order chi connectivity index (χ1) is 8.36. The average Bonchev–Trinajstić information content (AvgIpc) is 2.32. The van der Waals surface area contributed by atoms with Gasteiger partial charge in [0.15, 0.2) is 0 Å². The first-order valence-corrected chi connectivity index (χ1v) is 6.53. The van der Waals surface area contributed by atoms with Gasteiger partial charge in [0.2, 0.25) is 0 Å². The van der Waals surface area contributed by atoms with E-state index in [0.29, 0.717) is 13.0 Å². The van der Waals surface area contributed by atoms with Crippen molar-refractivity contribution in [2.45, 2.75) is 27.2 Å². The molecule has 0 atom stereocenters. The van der Waals surface area contributed by atoms with Gasteiger partial charge in [-0.2, -0.15) is 0 Å². The van der Waals surface area contributed by atoms with Crippen LogP contribution in [-0.4, -0.2) is 17.6 Å². The summed E-state index contributed by atoms with van der Waals surface area (Å²) in [6.07, 6.45) is 0.679. The molecule has 0 amide bonds. The van der Waals surface area contributed by atoms with Gasteiger partial charge in [-0.3, -0.25) is 0 Å². The van der Waals surface area contributed by atoms with Gasteiger partial charge in [-0.15, -0.1) is 0 Å². The zero-order chi connectivity index (χ0) is 13.8. The lowest BCUT2D eigenvalue weighted by atomic mass is 9.88. The van der Waals surface area contributed by atoms with Gasteiger partial charge in [-0.05, 0) is 37.1 Å². The lowest BCUT2D eigenvalue weighted by Crippen LogP contribution is -2.33. The fourth-order valence-corrected chi connectivity index (χ4v) is 1.64. The van der Waals surface area contributed by atoms with Gasteiger partial charge in [-0.25, -0.2) is 0 Å². The second-order valence-corrected chi connectivity index (χ2v) is 5.73. The van der Waals surface area contributed by atoms with Crippen molar-refractivity contribution in [1.82, 2.24) is 0 Å². The maximum absolute atomic E-state index is 8.67. The van der Waals surface area contributed by atoms with E-state index in [-0.39, 0.29) is 11.3 Å². The lowest BCUT2D eigenvalue weighted by molar-refractivity contribution is 0.259. The molecule has 5 heteroatoms. The van der Waals surface area contributed by atoms with Gasteiger partial charge in [0.05, 0.1) is 6.61 Å². The molecular formula is C13H19BrN2O2. The maximum Gasteiger partial charge on any atom is 0.144 e. The number of nitrogens with zero attached hydrogens (tertiary/aromatic N) is 1. The third-order valence-electron chi connectivity index (χ3n) is 2.93. The summed E-state index contributed by atoms with van der Waals surface area (Å²) in [4.78, 5) is 0. The maximum atomic E-state index is 8.67. The Morgan fingerprint density at radius 3 is 2.72 bits per heavy atom. The Bertz CT molecular complexity index is 445. The van der Waals surface area contributed by atoms with Crippen molar-refractivity contribution in [3.63, 3.8) is 0 Å². The third-order valence-corrected chi connectivity index (χ3v) is 3.82. The standard InChI is InChI=1S/C13H19BrN2O2/c1-9-8-10(4-5-11(9)14)18-7-6-13(2,3)12(15)16-17/h4-5,8,17H,6-7H2,1-3H3,(H2,15,16). The van der Waals surface area contributed by atoms with Crippen LogP contribution in [0.15, 0.2) is 27.8 Å². The molecule has 0 spiro atoms. The van der Waals surface area contributed by atoms with Crippen LogP contribution in [0.25, 0.3) is 0 Å². The molecule has 0 aromatic heterocycles. The largest absolute Gasteiger partial charge is 0.494 e. The van der Waals surface area contributed by atoms with Crippen LogP contribution in [0.1, 0.15) is 25.8 Å². The quantitative estimate of drug-likeness (QED) is 0.379. The van der Waals surface area contributed by atoms with Crippen LogP contribution >= 0.6 is 15.9 Å². The number of benzene rings is 1. The van der Waals surface area contributed by atoms with E-state index >= 15 is 0 Å². The zero-order valence-electron chi connectivity index (χ0n) is 10.9. The van der Waals surface area contributed by atoms with Gasteiger partial charge >= 0.3 is 0 Å². The number of oxime groups is 1. The number of hydrogen-bond donors (Lipinski definition) is 2. The fourth-order valence-electron chi connectivity index (χ4n) is 1.39. The molecule has 1 rings (SSSR count). The van der Waals surface area contributed by atoms with Crippen LogP contribution in [0, 0.1) is 12.3 Å². The predicted molar refractivity (Wildman–Crippen MR) is 76.2 cm³/mol. The third kappa shape index (κ3) is 3.91. The van der Waals surface area contributed by atoms with E-state index in [1.807, 2.05) is 39.0 Å². The molecule has 0 bridgehead atoms. The molecule has 4 nitrogen and oxygen atoms in total. The Morgan fingerprint density at radius 2 is 2.17 bits per heavy atom. The number of rotatable bonds is 5. The Balaban J connectivity index is 2.54. The van der Waals surface area contributed by atoms with Gasteiger partial charge in [0, 0.05) is 9.89 Å². The van der Waals surface area contributed by atoms with Crippen molar-refractivity contribution < 1.29 is 9.94 Å². The smallest absolute Gasteiger partial charge is 0.144 e. The molecule has 0 aliphatic carbocycles. The van der Waals surface area contributed by atoms with Crippen molar-refractivity contribution in [1.29, 1.82) is 0 Å². The Labute approximate surface area is 116 Å². The highest BCUT2D eigenvalue weighted by molar-refractivity contribution is 9.10. The predicted octanol–water partition coefficient (Wildman–Crippen LogP) is 3.30. The molecule has 0 heterocycles. The summed E-state index contributed by atoms with van der Waals surface area (Å²) in [6.45, 7) is 6.36. The highest BCUT2D eigenvalue weighted by atomic mass is 79.9. The molecule has 1 aromatic rings. The van der Waals surface area contributed by atoms with Gasteiger partial charge in [0.1, 0.15) is 11.6 Å². The SMILES string of the molecule is Cc1cc(OCCC(C)(C)/C(N)=N/O)ccc1Br. The molecule has 0 fully saturated rings. The van der Waals surface area contributed by atoms with Crippen LogP contribution in [-0.2, 0) is 0 Å². The minimum Gasteiger partial charge on any atom is -0.494 e. The highest BCUT2D eigenvalue weighted by Crippen LogP contribution is 2.24. The van der Waals surface area contributed by atoms with Gasteiger partial charge in [-0.1, -0.05) is 34.9 Å². The summed E-state index contributed by atoms with van der Waals surface area (Å²) in [6, 6.07) is 5.84. The highest BCUT2D eigenvalue weighted by Gasteiger charge is 2.23. The molecule has 0 aliphatic heterocycles. The normalized spacial score (nSPS) is 12.6. The van der Waals surface area contributed by atoms with Gasteiger partial charge < -0.3 is 15.7 Å². The fraction of sp³-hybridized carbons (Fsp3) is 0.462. The summed E-state index contributed by atoms with van der Waals surface area (Å²) in [7, 11) is 0. The summed E-state index contributed by atoms with van der Waals surface area (Å²) in [5, 5.41) is 11.7. The number of hydrogen-bond acceptors (Lipinski definition) is 3. The number of halogens is 1. The van der Waals surface area contributed by atoms with Crippen LogP contribution in [0.5, 0.6) is 5.75 Å². The molecule has 0 unspecified atom stereocenters. The monoisotopic (exact) mass is 314 g/mol. The van der Waals surface area contributed by atoms with Crippen molar-refractivity contribution in [3.05, 3.63) is 28.2 Å². The molecular weight excluding hydrogens is 296 g/mol. The molecule has 0 saturated heterocycles. The minimum absolute atomic E-state index is 0.220. The van der Waals surface area contributed by atoms with E-state index in [4.69, 9.17) is 15.7 Å². The zero-order valence-corrected chi connectivity index (χ0v) is 12.5. The molecule has 0 aliphatic rings. The minimum atomic E-state index is -0.376. The molecule has 0 saturated carbocycles. The van der Waals surface area contributed by atoms with E-state index in [1.54, 1.807) is 0 Å². The molecule has 3 N–H and O–H groups in total. The first-order valence-electron chi connectivity index (χ1n) is 5.74. The summed E-state index contributed by atoms with van der Waals surface area (Å²) >= 11 is 3.44. The van der Waals surface area contributed by atoms with Crippen molar-refractivity contribution in [3.8, 4) is 5.75 Å². The van der Waals surface area contributed by atoms with E-state index in [1.165, 1.54) is 0 Å². The van der Waals surface area contributed by atoms with E-state index < -0.39 is 0 Å². The summed E-state index contributed by atoms with van der Waals surface area (Å²) in [5.41, 5.74) is 6.36. The van der Waals surface area contributed by atoms with Crippen LogP contribution in [0.2, 0.25) is 0 Å². The second-order valence-electron chi connectivity index (χ2n) is 4.88. The molecule has 18 heavy (non-hydrogen) atoms. The number of amidine groups is 1. The van der Waals surface area contributed by atoms with E-state index in [0.717, 1.165) is 15.8 Å². The number of ether oxygens (including phenoxy) is 1. The van der Waals surface area contributed by atoms with Crippen molar-refractivity contribution >= 4 is 21.8 Å². The molecule has 100 valence electrons. The Hall–Kier alpha value is -1.23. The number of nitrogens with two attached hydrogens (primary N) is 1. The van der Waals surface area contributed by atoms with Crippen LogP contribution in [0.3, 0.4) is 0 Å². The Morgan fingerprint density at radius 1 is 1.50 bits per heavy atom. The topological polar surface area (TPSA) is 67.8 Å². The second kappa shape index (κ2) is 6.09. The van der Waals surface area contributed by atoms with Crippen molar-refractivity contribution in [2.24, 2.45) is 16.3 Å². The van der Waals surface area contributed by atoms with Crippen LogP contribution in [0.4, 0.5) is 0 Å². The van der Waals surface area contributed by atoms with E-state index in [2.05, 4.69) is 21.1 Å². The van der Waals surface area contributed by atoms with Crippen LogP contribution < -0.4 is 10.5 Å². The van der Waals surface area contributed by atoms with Crippen molar-refractivity contribution in [2.75, 3.05) is 6.61 Å².